The van der Waals surface area contributed by atoms with Crippen molar-refractivity contribution in [3.63, 3.8) is 0 Å². The number of hydrogen-bond donors (Lipinski definition) is 0. The van der Waals surface area contributed by atoms with Crippen LogP contribution in [-0.2, 0) is 0 Å². The predicted octanol–water partition coefficient (Wildman–Crippen LogP) is -1.66. The number of pyridine rings is 3. The Balaban J connectivity index is 0.000000384. The van der Waals surface area contributed by atoms with Gasteiger partial charge in [-0.25, -0.2) is 0 Å². The number of hydrogen-bond acceptors (Lipinski definition) is 9. The zero-order chi connectivity index (χ0) is 20.1. The number of carboxylic acids is 3. The van der Waals surface area contributed by atoms with Crippen LogP contribution in [0.3, 0.4) is 0 Å². The van der Waals surface area contributed by atoms with E-state index in [1.54, 1.807) is 36.4 Å². The molecule has 0 saturated heterocycles. The molecule has 0 bridgehead atoms. The van der Waals surface area contributed by atoms with Crippen LogP contribution in [0.1, 0.15) is 31.5 Å². The first-order valence-corrected chi connectivity index (χ1v) is 7.29. The molecule has 0 spiro atoms. The normalized spacial score (nSPS) is 8.57. The van der Waals surface area contributed by atoms with Crippen LogP contribution >= 0.6 is 0 Å². The Morgan fingerprint density at radius 2 is 0.786 bits per heavy atom. The first-order chi connectivity index (χ1) is 12.9. The fourth-order valence-corrected chi connectivity index (χ4v) is 1.45. The molecule has 28 heavy (non-hydrogen) atoms. The van der Waals surface area contributed by atoms with Gasteiger partial charge in [-0.1, -0.05) is 18.2 Å². The molecule has 0 amide bonds. The van der Waals surface area contributed by atoms with Crippen LogP contribution in [0.15, 0.2) is 73.2 Å². The summed E-state index contributed by atoms with van der Waals surface area (Å²) in [6.07, 6.45) is 4.22. The van der Waals surface area contributed by atoms with Gasteiger partial charge in [0, 0.05) is 18.6 Å². The van der Waals surface area contributed by atoms with Gasteiger partial charge in [-0.05, 0) is 36.4 Å². The van der Waals surface area contributed by atoms with Gasteiger partial charge in [0.1, 0.15) is 0 Å². The van der Waals surface area contributed by atoms with Crippen molar-refractivity contribution in [3.05, 3.63) is 90.3 Å². The molecule has 0 aliphatic rings. The van der Waals surface area contributed by atoms with E-state index in [2.05, 4.69) is 15.0 Å². The Labute approximate surface area is 187 Å². The van der Waals surface area contributed by atoms with Gasteiger partial charge in [0.25, 0.3) is 0 Å². The monoisotopic (exact) mass is 505 g/mol. The van der Waals surface area contributed by atoms with Crippen LogP contribution in [-0.4, -0.2) is 32.9 Å². The minimum Gasteiger partial charge on any atom is -0.543 e. The Bertz CT molecular complexity index is 747. The summed E-state index contributed by atoms with van der Waals surface area (Å²) in [6.45, 7) is 0. The van der Waals surface area contributed by atoms with E-state index in [0.29, 0.717) is 0 Å². The Hall–Kier alpha value is -2.95. The maximum absolute atomic E-state index is 10.0. The van der Waals surface area contributed by atoms with Crippen molar-refractivity contribution in [2.75, 3.05) is 0 Å². The van der Waals surface area contributed by atoms with Gasteiger partial charge < -0.3 is 29.7 Å². The summed E-state index contributed by atoms with van der Waals surface area (Å²) in [5, 5.41) is 30.1. The summed E-state index contributed by atoms with van der Waals surface area (Å²) >= 11 is 0. The minimum absolute atomic E-state index is 0. The van der Waals surface area contributed by atoms with Crippen molar-refractivity contribution < 1.29 is 65.3 Å². The van der Waals surface area contributed by atoms with Gasteiger partial charge in [-0.15, -0.1) is 0 Å². The largest absolute Gasteiger partial charge is 3.00 e. The van der Waals surface area contributed by atoms with E-state index < -0.39 is 17.9 Å². The van der Waals surface area contributed by atoms with Crippen molar-refractivity contribution >= 4 is 17.9 Å². The quantitative estimate of drug-likeness (QED) is 0.406. The molecule has 3 heterocycles. The van der Waals surface area contributed by atoms with Crippen molar-refractivity contribution in [3.8, 4) is 0 Å². The molecule has 138 valence electrons. The van der Waals surface area contributed by atoms with E-state index >= 15 is 0 Å². The molecule has 3 aromatic rings. The number of aromatic carboxylic acids is 3. The van der Waals surface area contributed by atoms with Crippen molar-refractivity contribution in [2.24, 2.45) is 0 Å². The second-order valence-corrected chi connectivity index (χ2v) is 4.51. The molecule has 0 radical (unpaired) electrons. The summed E-state index contributed by atoms with van der Waals surface area (Å²) in [6, 6.07) is 13.9. The minimum atomic E-state index is -1.24. The van der Waals surface area contributed by atoms with Crippen LogP contribution in [0.2, 0.25) is 0 Å². The summed E-state index contributed by atoms with van der Waals surface area (Å²) in [5.41, 5.74) is -0.0903. The van der Waals surface area contributed by atoms with E-state index in [-0.39, 0.29) is 52.7 Å². The smallest absolute Gasteiger partial charge is 0.543 e. The zero-order valence-electron chi connectivity index (χ0n) is 14.3. The summed E-state index contributed by atoms with van der Waals surface area (Å²) in [4.78, 5) is 40.6. The molecular formula is C18H12LaN3O6. The molecule has 3 aromatic heterocycles. The van der Waals surface area contributed by atoms with Crippen molar-refractivity contribution in [2.45, 2.75) is 0 Å². The fraction of sp³-hybridized carbons (Fsp3) is 0. The fourth-order valence-electron chi connectivity index (χ4n) is 1.45. The number of rotatable bonds is 3. The van der Waals surface area contributed by atoms with E-state index in [0.717, 1.165) is 0 Å². The van der Waals surface area contributed by atoms with Gasteiger partial charge in [0.05, 0.1) is 35.0 Å². The Morgan fingerprint density at radius 3 is 0.893 bits per heavy atom. The van der Waals surface area contributed by atoms with Crippen LogP contribution in [0, 0.1) is 35.6 Å². The molecule has 0 aliphatic heterocycles. The van der Waals surface area contributed by atoms with Gasteiger partial charge in [0.2, 0.25) is 0 Å². The average molecular weight is 505 g/mol. The SMILES string of the molecule is O=C([O-])c1ccccn1.O=C([O-])c1ccccn1.O=C([O-])c1ccccn1.[La+3]. The van der Waals surface area contributed by atoms with Crippen LogP contribution in [0.4, 0.5) is 0 Å². The Morgan fingerprint density at radius 1 is 0.536 bits per heavy atom. The third-order valence-corrected chi connectivity index (χ3v) is 2.62. The summed E-state index contributed by atoms with van der Waals surface area (Å²) in [5.74, 6) is -3.72. The second kappa shape index (κ2) is 14.2. The molecule has 0 unspecified atom stereocenters. The number of aromatic nitrogens is 3. The Kier molecular flexibility index (Phi) is 12.7. The summed E-state index contributed by atoms with van der Waals surface area (Å²) in [7, 11) is 0. The molecule has 3 rings (SSSR count). The second-order valence-electron chi connectivity index (χ2n) is 4.51. The maximum Gasteiger partial charge on any atom is 3.00 e. The third kappa shape index (κ3) is 10.3. The van der Waals surface area contributed by atoms with Crippen molar-refractivity contribution in [1.82, 2.24) is 15.0 Å². The first-order valence-electron chi connectivity index (χ1n) is 7.29. The van der Waals surface area contributed by atoms with Crippen LogP contribution < -0.4 is 15.3 Å². The van der Waals surface area contributed by atoms with Crippen LogP contribution in [0.5, 0.6) is 0 Å². The van der Waals surface area contributed by atoms with Crippen LogP contribution in [0.25, 0.3) is 0 Å². The first kappa shape index (κ1) is 25.1. The van der Waals surface area contributed by atoms with Gasteiger partial charge in [-0.3, -0.25) is 15.0 Å². The van der Waals surface area contributed by atoms with E-state index in [9.17, 15) is 29.7 Å². The molecular weight excluding hydrogens is 493 g/mol. The molecule has 9 nitrogen and oxygen atoms in total. The topological polar surface area (TPSA) is 159 Å². The van der Waals surface area contributed by atoms with Crippen molar-refractivity contribution in [1.29, 1.82) is 0 Å². The zero-order valence-corrected chi connectivity index (χ0v) is 17.9. The number of nitrogens with zero attached hydrogens (tertiary/aromatic N) is 3. The molecule has 0 aliphatic carbocycles. The number of carbonyl (C=O) groups is 3. The van der Waals surface area contributed by atoms with Gasteiger partial charge in [-0.2, -0.15) is 0 Å². The molecule has 0 saturated carbocycles. The standard InChI is InChI=1S/3C6H5NO2.La/c3*8-6(9)5-3-1-2-4-7-5;/h3*1-4H,(H,8,9);/q;;;+3/p-3. The molecule has 0 aromatic carbocycles. The predicted molar refractivity (Wildman–Crippen MR) is 85.7 cm³/mol. The third-order valence-electron chi connectivity index (χ3n) is 2.62. The molecule has 10 heteroatoms. The average Bonchev–Trinajstić information content (AvgIpc) is 2.71. The van der Waals surface area contributed by atoms with E-state index in [1.165, 1.54) is 36.8 Å². The molecule has 0 fully saturated rings. The molecule has 0 atom stereocenters. The molecule has 0 N–H and O–H groups in total. The van der Waals surface area contributed by atoms with Gasteiger partial charge in [0.15, 0.2) is 0 Å². The van der Waals surface area contributed by atoms with E-state index in [1.807, 2.05) is 0 Å². The number of carboxylic acid groups (broad SMARTS) is 3. The van der Waals surface area contributed by atoms with Gasteiger partial charge >= 0.3 is 35.6 Å². The maximum atomic E-state index is 10.0. The van der Waals surface area contributed by atoms with E-state index in [4.69, 9.17) is 0 Å². The summed E-state index contributed by atoms with van der Waals surface area (Å²) < 4.78 is 0. The number of carbonyl (C=O) groups excluding carboxylic acids is 3.